The molecule has 4 heteroatoms. The van der Waals surface area contributed by atoms with E-state index in [0.29, 0.717) is 19.4 Å². The molecule has 3 nitrogen and oxygen atoms in total. The van der Waals surface area contributed by atoms with Gasteiger partial charge in [0.05, 0.1) is 6.54 Å². The van der Waals surface area contributed by atoms with Crippen molar-refractivity contribution in [2.75, 3.05) is 0 Å². The predicted octanol–water partition coefficient (Wildman–Crippen LogP) is 1.67. The number of aliphatic hydroxyl groups is 1. The van der Waals surface area contributed by atoms with Gasteiger partial charge in [-0.3, -0.25) is 4.79 Å². The molecule has 1 aromatic heterocycles. The van der Waals surface area contributed by atoms with Gasteiger partial charge in [0.25, 0.3) is 5.91 Å². The van der Waals surface area contributed by atoms with Crippen LogP contribution in [0, 0.1) is 0 Å². The Hall–Kier alpha value is -0.870. The van der Waals surface area contributed by atoms with Crippen molar-refractivity contribution >= 4 is 17.2 Å². The molecule has 0 radical (unpaired) electrons. The minimum Gasteiger partial charge on any atom is -0.380 e. The molecule has 0 aliphatic heterocycles. The van der Waals surface area contributed by atoms with Crippen molar-refractivity contribution in [3.63, 3.8) is 0 Å². The van der Waals surface area contributed by atoms with Crippen LogP contribution in [-0.2, 0) is 11.3 Å². The standard InChI is InChI=1S/C11H15NO2S/c13-10(11(14)5-1-2-6-11)12-8-9-4-3-7-15-9/h3-4,7,14H,1-2,5-6,8H2,(H,12,13). The summed E-state index contributed by atoms with van der Waals surface area (Å²) in [6, 6.07) is 3.93. The first-order valence-electron chi connectivity index (χ1n) is 5.24. The molecule has 1 aromatic rings. The molecule has 0 spiro atoms. The molecule has 0 aromatic carbocycles. The van der Waals surface area contributed by atoms with Crippen LogP contribution in [0.3, 0.4) is 0 Å². The van der Waals surface area contributed by atoms with Crippen molar-refractivity contribution in [3.05, 3.63) is 22.4 Å². The van der Waals surface area contributed by atoms with Crippen molar-refractivity contribution in [2.45, 2.75) is 37.8 Å². The van der Waals surface area contributed by atoms with Crippen LogP contribution in [-0.4, -0.2) is 16.6 Å². The third-order valence-corrected chi connectivity index (χ3v) is 3.73. The van der Waals surface area contributed by atoms with Crippen molar-refractivity contribution in [1.29, 1.82) is 0 Å². The van der Waals surface area contributed by atoms with Crippen LogP contribution < -0.4 is 5.32 Å². The van der Waals surface area contributed by atoms with Gasteiger partial charge in [0, 0.05) is 4.88 Å². The zero-order valence-electron chi connectivity index (χ0n) is 8.53. The predicted molar refractivity (Wildman–Crippen MR) is 59.6 cm³/mol. The van der Waals surface area contributed by atoms with E-state index in [1.165, 1.54) is 0 Å². The van der Waals surface area contributed by atoms with Crippen LogP contribution in [0.1, 0.15) is 30.6 Å². The van der Waals surface area contributed by atoms with Crippen LogP contribution in [0.4, 0.5) is 0 Å². The van der Waals surface area contributed by atoms with E-state index in [9.17, 15) is 9.90 Å². The number of hydrogen-bond acceptors (Lipinski definition) is 3. The Kier molecular flexibility index (Phi) is 3.07. The van der Waals surface area contributed by atoms with Crippen molar-refractivity contribution < 1.29 is 9.90 Å². The molecular formula is C11H15NO2S. The lowest BCUT2D eigenvalue weighted by atomic mass is 10.0. The molecule has 2 N–H and O–H groups in total. The highest BCUT2D eigenvalue weighted by Crippen LogP contribution is 2.29. The van der Waals surface area contributed by atoms with E-state index in [4.69, 9.17) is 0 Å². The molecule has 1 amide bonds. The van der Waals surface area contributed by atoms with Gasteiger partial charge in [-0.15, -0.1) is 11.3 Å². The average molecular weight is 225 g/mol. The molecule has 82 valence electrons. The van der Waals surface area contributed by atoms with E-state index < -0.39 is 5.60 Å². The van der Waals surface area contributed by atoms with Crippen LogP contribution in [0.5, 0.6) is 0 Å². The van der Waals surface area contributed by atoms with Crippen LogP contribution in [0.2, 0.25) is 0 Å². The van der Waals surface area contributed by atoms with E-state index in [2.05, 4.69) is 5.32 Å². The highest BCUT2D eigenvalue weighted by molar-refractivity contribution is 7.09. The zero-order valence-corrected chi connectivity index (χ0v) is 9.35. The Labute approximate surface area is 93.1 Å². The van der Waals surface area contributed by atoms with E-state index in [-0.39, 0.29) is 5.91 Å². The lowest BCUT2D eigenvalue weighted by molar-refractivity contribution is -0.139. The number of carbonyl (C=O) groups excluding carboxylic acids is 1. The van der Waals surface area contributed by atoms with Gasteiger partial charge in [-0.05, 0) is 37.1 Å². The second kappa shape index (κ2) is 4.33. The number of amides is 1. The molecular weight excluding hydrogens is 210 g/mol. The van der Waals surface area contributed by atoms with Crippen LogP contribution in [0.25, 0.3) is 0 Å². The SMILES string of the molecule is O=C(NCc1cccs1)C1(O)CCCC1. The summed E-state index contributed by atoms with van der Waals surface area (Å²) >= 11 is 1.61. The molecule has 0 bridgehead atoms. The Morgan fingerprint density at radius 2 is 2.27 bits per heavy atom. The molecule has 1 saturated carbocycles. The van der Waals surface area contributed by atoms with Gasteiger partial charge in [0.1, 0.15) is 5.60 Å². The molecule has 0 atom stereocenters. The summed E-state index contributed by atoms with van der Waals surface area (Å²) in [4.78, 5) is 12.8. The van der Waals surface area contributed by atoms with Crippen LogP contribution >= 0.6 is 11.3 Å². The molecule has 0 unspecified atom stereocenters. The normalized spacial score (nSPS) is 19.0. The monoisotopic (exact) mass is 225 g/mol. The maximum Gasteiger partial charge on any atom is 0.252 e. The number of hydrogen-bond donors (Lipinski definition) is 2. The van der Waals surface area contributed by atoms with Crippen molar-refractivity contribution in [3.8, 4) is 0 Å². The highest BCUT2D eigenvalue weighted by atomic mass is 32.1. The summed E-state index contributed by atoms with van der Waals surface area (Å²) in [5, 5.41) is 14.7. The van der Waals surface area contributed by atoms with Gasteiger partial charge < -0.3 is 10.4 Å². The Balaban J connectivity index is 1.87. The maximum atomic E-state index is 11.7. The number of rotatable bonds is 3. The first-order chi connectivity index (χ1) is 7.21. The van der Waals surface area contributed by atoms with Gasteiger partial charge in [0.15, 0.2) is 0 Å². The Morgan fingerprint density at radius 3 is 2.87 bits per heavy atom. The molecule has 1 heterocycles. The summed E-state index contributed by atoms with van der Waals surface area (Å²) in [6.45, 7) is 0.527. The highest BCUT2D eigenvalue weighted by Gasteiger charge is 2.38. The van der Waals surface area contributed by atoms with Crippen molar-refractivity contribution in [1.82, 2.24) is 5.32 Å². The van der Waals surface area contributed by atoms with E-state index in [1.807, 2.05) is 17.5 Å². The first kappa shape index (κ1) is 10.6. The average Bonchev–Trinajstić information content (AvgIpc) is 2.85. The summed E-state index contributed by atoms with van der Waals surface area (Å²) in [6.07, 6.45) is 3.10. The number of thiophene rings is 1. The fourth-order valence-electron chi connectivity index (χ4n) is 1.93. The molecule has 1 fully saturated rings. The molecule has 0 saturated heterocycles. The summed E-state index contributed by atoms with van der Waals surface area (Å²) < 4.78 is 0. The third-order valence-electron chi connectivity index (χ3n) is 2.86. The minimum absolute atomic E-state index is 0.214. The lowest BCUT2D eigenvalue weighted by Crippen LogP contribution is -2.44. The molecule has 2 rings (SSSR count). The van der Waals surface area contributed by atoms with E-state index >= 15 is 0 Å². The lowest BCUT2D eigenvalue weighted by Gasteiger charge is -2.20. The zero-order chi connectivity index (χ0) is 10.7. The fraction of sp³-hybridized carbons (Fsp3) is 0.545. The quantitative estimate of drug-likeness (QED) is 0.822. The first-order valence-corrected chi connectivity index (χ1v) is 6.12. The minimum atomic E-state index is -1.10. The van der Waals surface area contributed by atoms with Gasteiger partial charge >= 0.3 is 0 Å². The second-order valence-electron chi connectivity index (χ2n) is 4.00. The van der Waals surface area contributed by atoms with Gasteiger partial charge in [-0.25, -0.2) is 0 Å². The summed E-state index contributed by atoms with van der Waals surface area (Å²) in [5.74, 6) is -0.214. The van der Waals surface area contributed by atoms with Gasteiger partial charge in [-0.1, -0.05) is 6.07 Å². The van der Waals surface area contributed by atoms with Crippen molar-refractivity contribution in [2.24, 2.45) is 0 Å². The topological polar surface area (TPSA) is 49.3 Å². The van der Waals surface area contributed by atoms with E-state index in [1.54, 1.807) is 11.3 Å². The third kappa shape index (κ3) is 2.38. The Bertz CT molecular complexity index is 328. The molecule has 1 aliphatic carbocycles. The number of nitrogens with one attached hydrogen (secondary N) is 1. The Morgan fingerprint density at radius 1 is 1.53 bits per heavy atom. The maximum absolute atomic E-state index is 11.7. The smallest absolute Gasteiger partial charge is 0.252 e. The van der Waals surface area contributed by atoms with Crippen LogP contribution in [0.15, 0.2) is 17.5 Å². The second-order valence-corrected chi connectivity index (χ2v) is 5.03. The molecule has 15 heavy (non-hydrogen) atoms. The van der Waals surface area contributed by atoms with E-state index in [0.717, 1.165) is 17.7 Å². The fourth-order valence-corrected chi connectivity index (χ4v) is 2.58. The molecule has 1 aliphatic rings. The van der Waals surface area contributed by atoms with Gasteiger partial charge in [0.2, 0.25) is 0 Å². The summed E-state index contributed by atoms with van der Waals surface area (Å²) in [5.41, 5.74) is -1.10. The summed E-state index contributed by atoms with van der Waals surface area (Å²) in [7, 11) is 0. The van der Waals surface area contributed by atoms with Gasteiger partial charge in [-0.2, -0.15) is 0 Å². The number of carbonyl (C=O) groups is 1. The largest absolute Gasteiger partial charge is 0.380 e.